The highest BCUT2D eigenvalue weighted by molar-refractivity contribution is 5.69. The molecule has 1 aliphatic rings. The molecule has 1 N–H and O–H groups in total. The Morgan fingerprint density at radius 1 is 1.42 bits per heavy atom. The van der Waals surface area contributed by atoms with E-state index in [-0.39, 0.29) is 13.1 Å². The van der Waals surface area contributed by atoms with Crippen molar-refractivity contribution in [2.24, 2.45) is 5.92 Å². The first-order chi connectivity index (χ1) is 8.51. The summed E-state index contributed by atoms with van der Waals surface area (Å²) in [5.41, 5.74) is -0.709. The highest BCUT2D eigenvalue weighted by Crippen LogP contribution is 2.35. The van der Waals surface area contributed by atoms with E-state index in [1.165, 1.54) is 0 Å². The van der Waals surface area contributed by atoms with Gasteiger partial charge >= 0.3 is 12.1 Å². The average molecular weight is 279 g/mol. The van der Waals surface area contributed by atoms with E-state index in [4.69, 9.17) is 9.84 Å². The first kappa shape index (κ1) is 15.7. The SMILES string of the molecule is CC(C)(C)OC(=O)N1CCC(F)(F)C(CC(=O)O)C1. The maximum atomic E-state index is 13.6. The molecule has 1 atom stereocenters. The lowest BCUT2D eigenvalue weighted by atomic mass is 9.91. The number of rotatable bonds is 2. The van der Waals surface area contributed by atoms with Crippen molar-refractivity contribution in [2.45, 2.75) is 45.1 Å². The molecule has 7 heteroatoms. The minimum absolute atomic E-state index is 0.127. The Kier molecular flexibility index (Phi) is 4.37. The van der Waals surface area contributed by atoms with E-state index >= 15 is 0 Å². The van der Waals surface area contributed by atoms with Crippen LogP contribution in [-0.4, -0.2) is 46.7 Å². The summed E-state index contributed by atoms with van der Waals surface area (Å²) >= 11 is 0. The van der Waals surface area contributed by atoms with Gasteiger partial charge in [0.1, 0.15) is 5.60 Å². The van der Waals surface area contributed by atoms with Crippen LogP contribution < -0.4 is 0 Å². The third kappa shape index (κ3) is 4.65. The molecule has 0 aliphatic carbocycles. The molecule has 1 amide bonds. The van der Waals surface area contributed by atoms with Crippen molar-refractivity contribution in [3.63, 3.8) is 0 Å². The van der Waals surface area contributed by atoms with Crippen molar-refractivity contribution in [2.75, 3.05) is 13.1 Å². The molecular formula is C12H19F2NO4. The van der Waals surface area contributed by atoms with Gasteiger partial charge in [0.15, 0.2) is 0 Å². The number of nitrogens with zero attached hydrogens (tertiary/aromatic N) is 1. The molecule has 1 fully saturated rings. The van der Waals surface area contributed by atoms with Crippen molar-refractivity contribution < 1.29 is 28.2 Å². The Bertz CT molecular complexity index is 365. The van der Waals surface area contributed by atoms with Gasteiger partial charge in [-0.05, 0) is 20.8 Å². The number of halogens is 2. The molecule has 1 heterocycles. The quantitative estimate of drug-likeness (QED) is 0.842. The van der Waals surface area contributed by atoms with Crippen molar-refractivity contribution in [3.05, 3.63) is 0 Å². The molecule has 19 heavy (non-hydrogen) atoms. The van der Waals surface area contributed by atoms with Crippen LogP contribution in [0.15, 0.2) is 0 Å². The number of hydrogen-bond acceptors (Lipinski definition) is 3. The van der Waals surface area contributed by atoms with Crippen LogP contribution in [0.4, 0.5) is 13.6 Å². The zero-order valence-electron chi connectivity index (χ0n) is 11.3. The fourth-order valence-electron chi connectivity index (χ4n) is 1.90. The molecule has 0 aromatic heterocycles. The predicted octanol–water partition coefficient (Wildman–Crippen LogP) is 2.35. The van der Waals surface area contributed by atoms with Crippen molar-refractivity contribution in [3.8, 4) is 0 Å². The molecule has 1 saturated heterocycles. The number of hydrogen-bond donors (Lipinski definition) is 1. The lowest BCUT2D eigenvalue weighted by molar-refractivity contribution is -0.148. The second-order valence-electron chi connectivity index (χ2n) is 5.73. The van der Waals surface area contributed by atoms with Gasteiger partial charge in [0.25, 0.3) is 5.92 Å². The summed E-state index contributed by atoms with van der Waals surface area (Å²) < 4.78 is 32.2. The molecule has 0 radical (unpaired) electrons. The maximum absolute atomic E-state index is 13.6. The highest BCUT2D eigenvalue weighted by atomic mass is 19.3. The number of carbonyl (C=O) groups is 2. The van der Waals surface area contributed by atoms with Crippen LogP contribution in [0.3, 0.4) is 0 Å². The molecule has 0 aromatic carbocycles. The average Bonchev–Trinajstić information content (AvgIpc) is 2.17. The normalized spacial score (nSPS) is 23.0. The molecule has 0 saturated carbocycles. The van der Waals surface area contributed by atoms with Crippen LogP contribution in [0.2, 0.25) is 0 Å². The van der Waals surface area contributed by atoms with Crippen LogP contribution in [0.5, 0.6) is 0 Å². The van der Waals surface area contributed by atoms with Gasteiger partial charge in [0.2, 0.25) is 0 Å². The van der Waals surface area contributed by atoms with Gasteiger partial charge in [-0.1, -0.05) is 0 Å². The first-order valence-corrected chi connectivity index (χ1v) is 6.09. The van der Waals surface area contributed by atoms with Crippen molar-refractivity contribution >= 4 is 12.1 Å². The van der Waals surface area contributed by atoms with E-state index in [0.717, 1.165) is 4.90 Å². The van der Waals surface area contributed by atoms with Gasteiger partial charge in [0, 0.05) is 19.5 Å². The fourth-order valence-corrected chi connectivity index (χ4v) is 1.90. The minimum atomic E-state index is -3.06. The lowest BCUT2D eigenvalue weighted by Crippen LogP contribution is -2.51. The number of carbonyl (C=O) groups excluding carboxylic acids is 1. The van der Waals surface area contributed by atoms with Crippen LogP contribution in [0.1, 0.15) is 33.6 Å². The van der Waals surface area contributed by atoms with Crippen LogP contribution in [0, 0.1) is 5.92 Å². The molecule has 1 aliphatic heterocycles. The monoisotopic (exact) mass is 279 g/mol. The number of aliphatic carboxylic acids is 1. The van der Waals surface area contributed by atoms with E-state index in [1.807, 2.05) is 0 Å². The predicted molar refractivity (Wildman–Crippen MR) is 63.1 cm³/mol. The Balaban J connectivity index is 2.70. The maximum Gasteiger partial charge on any atom is 0.410 e. The van der Waals surface area contributed by atoms with Crippen molar-refractivity contribution in [1.82, 2.24) is 4.90 Å². The number of likely N-dealkylation sites (tertiary alicyclic amines) is 1. The van der Waals surface area contributed by atoms with E-state index in [2.05, 4.69) is 0 Å². The van der Waals surface area contributed by atoms with Crippen LogP contribution in [-0.2, 0) is 9.53 Å². The van der Waals surface area contributed by atoms with Crippen LogP contribution >= 0.6 is 0 Å². The Labute approximate surface area is 110 Å². The van der Waals surface area contributed by atoms with Gasteiger partial charge in [-0.2, -0.15) is 0 Å². The topological polar surface area (TPSA) is 66.8 Å². The fraction of sp³-hybridized carbons (Fsp3) is 0.833. The van der Waals surface area contributed by atoms with E-state index in [9.17, 15) is 18.4 Å². The summed E-state index contributed by atoms with van der Waals surface area (Å²) in [7, 11) is 0. The second kappa shape index (κ2) is 5.30. The standard InChI is InChI=1S/C12H19F2NO4/c1-11(2,3)19-10(18)15-5-4-12(13,14)8(7-15)6-9(16)17/h8H,4-7H2,1-3H3,(H,16,17). The molecule has 0 spiro atoms. The van der Waals surface area contributed by atoms with Crippen LogP contribution in [0.25, 0.3) is 0 Å². The molecular weight excluding hydrogens is 260 g/mol. The summed E-state index contributed by atoms with van der Waals surface area (Å²) in [5.74, 6) is -5.72. The number of carboxylic acids is 1. The highest BCUT2D eigenvalue weighted by Gasteiger charge is 2.46. The molecule has 1 rings (SSSR count). The summed E-state index contributed by atoms with van der Waals surface area (Å²) in [6.07, 6.45) is -1.88. The number of piperidine rings is 1. The summed E-state index contributed by atoms with van der Waals surface area (Å²) in [5, 5.41) is 8.64. The lowest BCUT2D eigenvalue weighted by Gasteiger charge is -2.38. The number of amides is 1. The third-order valence-electron chi connectivity index (χ3n) is 2.83. The molecule has 0 bridgehead atoms. The zero-order valence-corrected chi connectivity index (χ0v) is 11.3. The molecule has 0 aromatic rings. The minimum Gasteiger partial charge on any atom is -0.481 e. The van der Waals surface area contributed by atoms with Gasteiger partial charge in [-0.15, -0.1) is 0 Å². The third-order valence-corrected chi connectivity index (χ3v) is 2.83. The largest absolute Gasteiger partial charge is 0.481 e. The Morgan fingerprint density at radius 2 is 2.00 bits per heavy atom. The van der Waals surface area contributed by atoms with Gasteiger partial charge in [-0.3, -0.25) is 4.79 Å². The van der Waals surface area contributed by atoms with E-state index < -0.39 is 42.3 Å². The summed E-state index contributed by atoms with van der Waals surface area (Å²) in [4.78, 5) is 23.5. The number of carboxylic acid groups (broad SMARTS) is 1. The molecule has 110 valence electrons. The second-order valence-corrected chi connectivity index (χ2v) is 5.73. The molecule has 5 nitrogen and oxygen atoms in total. The molecule has 1 unspecified atom stereocenters. The number of alkyl halides is 2. The Hall–Kier alpha value is -1.40. The smallest absolute Gasteiger partial charge is 0.410 e. The zero-order chi connectivity index (χ0) is 14.8. The van der Waals surface area contributed by atoms with Gasteiger partial charge in [0.05, 0.1) is 12.3 Å². The Morgan fingerprint density at radius 3 is 2.47 bits per heavy atom. The van der Waals surface area contributed by atoms with Crippen molar-refractivity contribution in [1.29, 1.82) is 0 Å². The van der Waals surface area contributed by atoms with E-state index in [1.54, 1.807) is 20.8 Å². The van der Waals surface area contributed by atoms with E-state index in [0.29, 0.717) is 0 Å². The summed E-state index contributed by atoms with van der Waals surface area (Å²) in [6.45, 7) is 4.61. The summed E-state index contributed by atoms with van der Waals surface area (Å²) in [6, 6.07) is 0. The van der Waals surface area contributed by atoms with Gasteiger partial charge < -0.3 is 14.7 Å². The first-order valence-electron chi connectivity index (χ1n) is 6.09. The number of ether oxygens (including phenoxy) is 1. The van der Waals surface area contributed by atoms with Gasteiger partial charge in [-0.25, -0.2) is 13.6 Å².